The molecule has 4 fully saturated rings. The molecular weight excluding hydrogens is 254 g/mol. The highest BCUT2D eigenvalue weighted by atomic mass is 14.7. The van der Waals surface area contributed by atoms with Crippen LogP contribution in [-0.2, 0) is 6.42 Å². The summed E-state index contributed by atoms with van der Waals surface area (Å²) in [7, 11) is 0. The third-order valence-corrected chi connectivity index (χ3v) is 6.62. The van der Waals surface area contributed by atoms with Crippen molar-refractivity contribution in [1.82, 2.24) is 0 Å². The molecule has 4 aliphatic carbocycles. The first-order valence-corrected chi connectivity index (χ1v) is 9.09. The van der Waals surface area contributed by atoms with Crippen molar-refractivity contribution in [3.8, 4) is 0 Å². The lowest BCUT2D eigenvalue weighted by molar-refractivity contribution is -0.0471. The van der Waals surface area contributed by atoms with Crippen molar-refractivity contribution in [2.45, 2.75) is 57.9 Å². The van der Waals surface area contributed by atoms with Gasteiger partial charge in [0.05, 0.1) is 0 Å². The van der Waals surface area contributed by atoms with Gasteiger partial charge in [-0.3, -0.25) is 0 Å². The predicted octanol–water partition coefficient (Wildman–Crippen LogP) is 4.71. The third-order valence-electron chi connectivity index (χ3n) is 6.62. The number of nitrogens with two attached hydrogens (primary N) is 1. The molecule has 0 amide bonds. The number of aryl methyl sites for hydroxylation is 1. The molecule has 0 radical (unpaired) electrons. The average molecular weight is 283 g/mol. The van der Waals surface area contributed by atoms with Crippen molar-refractivity contribution in [3.63, 3.8) is 0 Å². The molecule has 1 unspecified atom stereocenters. The Morgan fingerprint density at radius 1 is 0.952 bits per heavy atom. The average Bonchev–Trinajstić information content (AvgIpc) is 2.47. The van der Waals surface area contributed by atoms with E-state index in [1.165, 1.54) is 56.1 Å². The van der Waals surface area contributed by atoms with E-state index < -0.39 is 0 Å². The second-order valence-electron chi connectivity index (χ2n) is 8.03. The van der Waals surface area contributed by atoms with Crippen LogP contribution in [0.25, 0.3) is 0 Å². The summed E-state index contributed by atoms with van der Waals surface area (Å²) in [4.78, 5) is 0. The molecule has 1 heteroatoms. The molecule has 5 rings (SSSR count). The van der Waals surface area contributed by atoms with Gasteiger partial charge in [-0.25, -0.2) is 0 Å². The molecule has 21 heavy (non-hydrogen) atoms. The zero-order valence-electron chi connectivity index (χ0n) is 13.3. The monoisotopic (exact) mass is 283 g/mol. The zero-order valence-corrected chi connectivity index (χ0v) is 13.3. The molecule has 0 saturated heterocycles. The quantitative estimate of drug-likeness (QED) is 0.850. The largest absolute Gasteiger partial charge is 0.324 e. The van der Waals surface area contributed by atoms with Crippen LogP contribution in [0.15, 0.2) is 24.3 Å². The fourth-order valence-corrected chi connectivity index (χ4v) is 5.97. The first-order valence-electron chi connectivity index (χ1n) is 9.09. The molecule has 1 atom stereocenters. The van der Waals surface area contributed by atoms with Gasteiger partial charge in [0.2, 0.25) is 0 Å². The number of benzene rings is 1. The van der Waals surface area contributed by atoms with Crippen LogP contribution >= 0.6 is 0 Å². The van der Waals surface area contributed by atoms with Crippen molar-refractivity contribution >= 4 is 0 Å². The molecule has 0 aromatic heterocycles. The van der Waals surface area contributed by atoms with Gasteiger partial charge in [-0.15, -0.1) is 0 Å². The van der Waals surface area contributed by atoms with E-state index in [0.717, 1.165) is 29.6 Å². The van der Waals surface area contributed by atoms with Gasteiger partial charge in [-0.1, -0.05) is 37.6 Å². The Balaban J connectivity index is 1.53. The van der Waals surface area contributed by atoms with Gasteiger partial charge in [0, 0.05) is 6.04 Å². The van der Waals surface area contributed by atoms with Crippen molar-refractivity contribution < 1.29 is 0 Å². The summed E-state index contributed by atoms with van der Waals surface area (Å²) in [5.41, 5.74) is 9.58. The summed E-state index contributed by atoms with van der Waals surface area (Å²) in [5, 5.41) is 0. The van der Waals surface area contributed by atoms with E-state index in [-0.39, 0.29) is 6.04 Å². The lowest BCUT2D eigenvalue weighted by Crippen LogP contribution is -2.48. The van der Waals surface area contributed by atoms with Crippen LogP contribution in [0.3, 0.4) is 0 Å². The molecule has 114 valence electrons. The van der Waals surface area contributed by atoms with Crippen molar-refractivity contribution in [1.29, 1.82) is 0 Å². The fourth-order valence-electron chi connectivity index (χ4n) is 5.97. The second kappa shape index (κ2) is 5.43. The van der Waals surface area contributed by atoms with E-state index in [9.17, 15) is 0 Å². The molecule has 1 aromatic rings. The Morgan fingerprint density at radius 3 is 2.05 bits per heavy atom. The lowest BCUT2D eigenvalue weighted by atomic mass is 9.50. The van der Waals surface area contributed by atoms with E-state index in [4.69, 9.17) is 5.73 Å². The van der Waals surface area contributed by atoms with Crippen molar-refractivity contribution in [2.75, 3.05) is 0 Å². The molecule has 4 bridgehead atoms. The first-order chi connectivity index (χ1) is 10.2. The molecule has 4 aliphatic rings. The van der Waals surface area contributed by atoms with E-state index in [0.29, 0.717) is 0 Å². The Morgan fingerprint density at radius 2 is 1.52 bits per heavy atom. The summed E-state index contributed by atoms with van der Waals surface area (Å²) < 4.78 is 0. The second-order valence-corrected chi connectivity index (χ2v) is 8.03. The van der Waals surface area contributed by atoms with Crippen LogP contribution in [0, 0.1) is 29.6 Å². The fraction of sp³-hybridized carbons (Fsp3) is 0.700. The molecule has 0 spiro atoms. The van der Waals surface area contributed by atoms with Gasteiger partial charge in [0.1, 0.15) is 0 Å². The van der Waals surface area contributed by atoms with E-state index in [1.54, 1.807) is 0 Å². The Labute approximate surface area is 129 Å². The zero-order chi connectivity index (χ0) is 14.4. The molecular formula is C20H29N. The van der Waals surface area contributed by atoms with Crippen LogP contribution in [0.4, 0.5) is 0 Å². The maximum absolute atomic E-state index is 6.74. The number of hydrogen-bond acceptors (Lipinski definition) is 1. The van der Waals surface area contributed by atoms with Gasteiger partial charge < -0.3 is 5.73 Å². The van der Waals surface area contributed by atoms with Crippen LogP contribution in [0.5, 0.6) is 0 Å². The third kappa shape index (κ3) is 2.44. The molecule has 0 heterocycles. The standard InChI is InChI=1S/C20H29N/c1-2-3-13-4-6-16(7-5-13)20(21)19-17-9-14-8-15(11-17)12-18(19)10-14/h4-7,14-15,17-20H,2-3,8-12,21H2,1H3. The summed E-state index contributed by atoms with van der Waals surface area (Å²) in [6.45, 7) is 2.24. The maximum atomic E-state index is 6.74. The lowest BCUT2D eigenvalue weighted by Gasteiger charge is -2.56. The van der Waals surface area contributed by atoms with E-state index >= 15 is 0 Å². The summed E-state index contributed by atoms with van der Waals surface area (Å²) >= 11 is 0. The summed E-state index contributed by atoms with van der Waals surface area (Å²) in [6, 6.07) is 9.49. The van der Waals surface area contributed by atoms with Crippen molar-refractivity contribution in [3.05, 3.63) is 35.4 Å². The highest BCUT2D eigenvalue weighted by Gasteiger charge is 2.49. The molecule has 1 nitrogen and oxygen atoms in total. The number of hydrogen-bond donors (Lipinski definition) is 1. The highest BCUT2D eigenvalue weighted by Crippen LogP contribution is 2.58. The Kier molecular flexibility index (Phi) is 3.57. The van der Waals surface area contributed by atoms with Crippen LogP contribution in [-0.4, -0.2) is 0 Å². The summed E-state index contributed by atoms with van der Waals surface area (Å²) in [6.07, 6.45) is 9.83. The van der Waals surface area contributed by atoms with Crippen molar-refractivity contribution in [2.24, 2.45) is 35.3 Å². The van der Waals surface area contributed by atoms with Gasteiger partial charge >= 0.3 is 0 Å². The maximum Gasteiger partial charge on any atom is 0.0328 e. The Bertz CT molecular complexity index is 461. The first kappa shape index (κ1) is 13.8. The van der Waals surface area contributed by atoms with Crippen LogP contribution in [0.1, 0.15) is 62.6 Å². The molecule has 1 aromatic carbocycles. The molecule has 2 N–H and O–H groups in total. The molecule has 0 aliphatic heterocycles. The highest BCUT2D eigenvalue weighted by molar-refractivity contribution is 5.26. The van der Waals surface area contributed by atoms with E-state index in [2.05, 4.69) is 31.2 Å². The van der Waals surface area contributed by atoms with Gasteiger partial charge in [0.25, 0.3) is 0 Å². The smallest absolute Gasteiger partial charge is 0.0328 e. The number of rotatable bonds is 4. The van der Waals surface area contributed by atoms with Crippen LogP contribution in [0.2, 0.25) is 0 Å². The van der Waals surface area contributed by atoms with Gasteiger partial charge in [0.15, 0.2) is 0 Å². The Hall–Kier alpha value is -0.820. The van der Waals surface area contributed by atoms with E-state index in [1.807, 2.05) is 0 Å². The normalized spacial score (nSPS) is 38.7. The van der Waals surface area contributed by atoms with Gasteiger partial charge in [-0.05, 0) is 79.2 Å². The SMILES string of the molecule is CCCc1ccc(C(N)C2C3CC4CC(C3)CC2C4)cc1. The predicted molar refractivity (Wildman–Crippen MR) is 87.9 cm³/mol. The molecule has 4 saturated carbocycles. The minimum atomic E-state index is 0.274. The summed E-state index contributed by atoms with van der Waals surface area (Å²) in [5.74, 6) is 4.69. The van der Waals surface area contributed by atoms with Gasteiger partial charge in [-0.2, -0.15) is 0 Å². The minimum Gasteiger partial charge on any atom is -0.324 e. The minimum absolute atomic E-state index is 0.274. The topological polar surface area (TPSA) is 26.0 Å². The van der Waals surface area contributed by atoms with Crippen LogP contribution < -0.4 is 5.73 Å².